The standard InChI is InChI=1S/C18H15N.C5H4OS/c1-4-10-16(11-5-1)19(17-12-6-2-7-13-17)18-14-8-3-9-15-18;6-4-5-2-1-3-7-5/h1-15H;1-4H. The van der Waals surface area contributed by atoms with Crippen LogP contribution in [0.1, 0.15) is 9.67 Å². The number of rotatable bonds is 4. The third-order valence-corrected chi connectivity index (χ3v) is 4.50. The fourth-order valence-corrected chi connectivity index (χ4v) is 3.06. The van der Waals surface area contributed by atoms with Crippen molar-refractivity contribution < 1.29 is 4.79 Å². The fourth-order valence-electron chi connectivity index (χ4n) is 2.54. The first-order valence-corrected chi connectivity index (χ1v) is 9.20. The molecule has 0 aliphatic heterocycles. The van der Waals surface area contributed by atoms with Gasteiger partial charge < -0.3 is 4.90 Å². The lowest BCUT2D eigenvalue weighted by molar-refractivity contribution is 0.112. The largest absolute Gasteiger partial charge is 0.311 e. The zero-order valence-electron chi connectivity index (χ0n) is 14.2. The first-order valence-electron chi connectivity index (χ1n) is 8.32. The number of para-hydroxylation sites is 3. The molecular formula is C23H19NOS. The van der Waals surface area contributed by atoms with Crippen molar-refractivity contribution in [3.8, 4) is 0 Å². The van der Waals surface area contributed by atoms with Crippen LogP contribution in [0, 0.1) is 0 Å². The quantitative estimate of drug-likeness (QED) is 0.378. The molecule has 4 aromatic rings. The molecule has 2 nitrogen and oxygen atoms in total. The van der Waals surface area contributed by atoms with Crippen LogP contribution in [0.3, 0.4) is 0 Å². The summed E-state index contributed by atoms with van der Waals surface area (Å²) in [5.74, 6) is 0. The lowest BCUT2D eigenvalue weighted by Gasteiger charge is -2.25. The van der Waals surface area contributed by atoms with Crippen LogP contribution >= 0.6 is 11.3 Å². The number of hydrogen-bond donors (Lipinski definition) is 0. The second kappa shape index (κ2) is 9.35. The first kappa shape index (κ1) is 17.6. The van der Waals surface area contributed by atoms with Gasteiger partial charge in [0.25, 0.3) is 0 Å². The van der Waals surface area contributed by atoms with E-state index in [2.05, 4.69) is 77.7 Å². The minimum Gasteiger partial charge on any atom is -0.311 e. The van der Waals surface area contributed by atoms with Gasteiger partial charge in [0.15, 0.2) is 6.29 Å². The van der Waals surface area contributed by atoms with Crippen LogP contribution in [-0.2, 0) is 0 Å². The van der Waals surface area contributed by atoms with E-state index in [-0.39, 0.29) is 0 Å². The number of hydrogen-bond acceptors (Lipinski definition) is 3. The van der Waals surface area contributed by atoms with Crippen molar-refractivity contribution in [3.05, 3.63) is 113 Å². The molecule has 0 aliphatic rings. The van der Waals surface area contributed by atoms with E-state index in [4.69, 9.17) is 0 Å². The van der Waals surface area contributed by atoms with Crippen molar-refractivity contribution in [2.75, 3.05) is 4.90 Å². The Morgan fingerprint density at radius 2 is 1.00 bits per heavy atom. The Bertz CT molecular complexity index is 797. The number of anilines is 3. The van der Waals surface area contributed by atoms with Crippen LogP contribution in [0.2, 0.25) is 0 Å². The molecule has 0 radical (unpaired) electrons. The summed E-state index contributed by atoms with van der Waals surface area (Å²) < 4.78 is 0. The second-order valence-corrected chi connectivity index (χ2v) is 6.45. The minimum absolute atomic E-state index is 0.792. The number of nitrogens with zero attached hydrogens (tertiary/aromatic N) is 1. The van der Waals surface area contributed by atoms with Crippen LogP contribution in [0.4, 0.5) is 17.1 Å². The molecule has 0 atom stereocenters. The second-order valence-electron chi connectivity index (χ2n) is 5.48. The van der Waals surface area contributed by atoms with E-state index in [1.54, 1.807) is 6.07 Å². The normalized spacial score (nSPS) is 9.69. The third kappa shape index (κ3) is 4.68. The SMILES string of the molecule is O=Cc1cccs1.c1ccc(N(c2ccccc2)c2ccccc2)cc1. The van der Waals surface area contributed by atoms with Crippen molar-refractivity contribution >= 4 is 34.7 Å². The van der Waals surface area contributed by atoms with Gasteiger partial charge in [-0.2, -0.15) is 0 Å². The molecule has 0 spiro atoms. The highest BCUT2D eigenvalue weighted by atomic mass is 32.1. The van der Waals surface area contributed by atoms with Crippen molar-refractivity contribution in [2.24, 2.45) is 0 Å². The topological polar surface area (TPSA) is 20.3 Å². The molecule has 1 aromatic heterocycles. The molecule has 128 valence electrons. The molecular weight excluding hydrogens is 338 g/mol. The van der Waals surface area contributed by atoms with Crippen LogP contribution in [0.15, 0.2) is 109 Å². The number of aldehydes is 1. The molecule has 0 aliphatic carbocycles. The first-order chi connectivity index (χ1) is 12.9. The zero-order chi connectivity index (χ0) is 18.0. The summed E-state index contributed by atoms with van der Waals surface area (Å²) in [6, 6.07) is 34.9. The fraction of sp³-hybridized carbons (Fsp3) is 0. The smallest absolute Gasteiger partial charge is 0.159 e. The monoisotopic (exact) mass is 357 g/mol. The van der Waals surface area contributed by atoms with E-state index in [1.807, 2.05) is 29.6 Å². The molecule has 0 fully saturated rings. The van der Waals surface area contributed by atoms with Gasteiger partial charge in [-0.15, -0.1) is 11.3 Å². The van der Waals surface area contributed by atoms with E-state index in [0.717, 1.165) is 11.2 Å². The van der Waals surface area contributed by atoms with Crippen LogP contribution in [0.5, 0.6) is 0 Å². The number of carbonyl (C=O) groups excluding carboxylic acids is 1. The number of thiophene rings is 1. The van der Waals surface area contributed by atoms with Gasteiger partial charge in [0.1, 0.15) is 0 Å². The Balaban J connectivity index is 0.000000236. The Hall–Kier alpha value is -3.17. The van der Waals surface area contributed by atoms with Crippen molar-refractivity contribution in [1.82, 2.24) is 0 Å². The van der Waals surface area contributed by atoms with E-state index in [0.29, 0.717) is 0 Å². The highest BCUT2D eigenvalue weighted by Crippen LogP contribution is 2.33. The van der Waals surface area contributed by atoms with Crippen LogP contribution in [0.25, 0.3) is 0 Å². The molecule has 0 bridgehead atoms. The number of carbonyl (C=O) groups is 1. The van der Waals surface area contributed by atoms with E-state index < -0.39 is 0 Å². The predicted octanol–water partition coefficient (Wildman–Crippen LogP) is 6.72. The van der Waals surface area contributed by atoms with Crippen molar-refractivity contribution in [1.29, 1.82) is 0 Å². The average Bonchev–Trinajstić information content (AvgIpc) is 3.25. The summed E-state index contributed by atoms with van der Waals surface area (Å²) in [5.41, 5.74) is 3.50. The molecule has 0 N–H and O–H groups in total. The van der Waals surface area contributed by atoms with E-state index in [9.17, 15) is 4.79 Å². The Kier molecular flexibility index (Phi) is 6.35. The van der Waals surface area contributed by atoms with Crippen molar-refractivity contribution in [2.45, 2.75) is 0 Å². The lowest BCUT2D eigenvalue weighted by atomic mass is 10.2. The summed E-state index contributed by atoms with van der Waals surface area (Å²) >= 11 is 1.45. The molecule has 0 saturated carbocycles. The Labute approximate surface area is 158 Å². The van der Waals surface area contributed by atoms with Gasteiger partial charge in [-0.3, -0.25) is 4.79 Å². The number of benzene rings is 3. The van der Waals surface area contributed by atoms with Gasteiger partial charge in [0.2, 0.25) is 0 Å². The molecule has 0 unspecified atom stereocenters. The molecule has 4 rings (SSSR count). The van der Waals surface area contributed by atoms with E-state index in [1.165, 1.54) is 28.4 Å². The summed E-state index contributed by atoms with van der Waals surface area (Å²) in [4.78, 5) is 12.9. The lowest BCUT2D eigenvalue weighted by Crippen LogP contribution is -2.09. The van der Waals surface area contributed by atoms with Gasteiger partial charge in [-0.1, -0.05) is 60.7 Å². The van der Waals surface area contributed by atoms with Gasteiger partial charge in [-0.05, 0) is 47.8 Å². The van der Waals surface area contributed by atoms with E-state index >= 15 is 0 Å². The summed E-state index contributed by atoms with van der Waals surface area (Å²) in [5, 5.41) is 1.88. The highest BCUT2D eigenvalue weighted by molar-refractivity contribution is 7.11. The van der Waals surface area contributed by atoms with Gasteiger partial charge in [0, 0.05) is 17.1 Å². The molecule has 3 aromatic carbocycles. The van der Waals surface area contributed by atoms with Gasteiger partial charge >= 0.3 is 0 Å². The predicted molar refractivity (Wildman–Crippen MR) is 111 cm³/mol. The molecule has 0 saturated heterocycles. The third-order valence-electron chi connectivity index (χ3n) is 3.70. The Morgan fingerprint density at radius 1 is 0.577 bits per heavy atom. The summed E-state index contributed by atoms with van der Waals surface area (Å²) in [7, 11) is 0. The highest BCUT2D eigenvalue weighted by Gasteiger charge is 2.10. The maximum Gasteiger partial charge on any atom is 0.159 e. The minimum atomic E-state index is 0.792. The van der Waals surface area contributed by atoms with Crippen LogP contribution < -0.4 is 4.90 Å². The average molecular weight is 357 g/mol. The maximum absolute atomic E-state index is 9.88. The summed E-state index contributed by atoms with van der Waals surface area (Å²) in [6.07, 6.45) is 0.852. The molecule has 1 heterocycles. The van der Waals surface area contributed by atoms with Gasteiger partial charge in [0.05, 0.1) is 4.88 Å². The summed E-state index contributed by atoms with van der Waals surface area (Å²) in [6.45, 7) is 0. The molecule has 26 heavy (non-hydrogen) atoms. The van der Waals surface area contributed by atoms with Crippen LogP contribution in [-0.4, -0.2) is 6.29 Å². The Morgan fingerprint density at radius 3 is 1.27 bits per heavy atom. The van der Waals surface area contributed by atoms with Gasteiger partial charge in [-0.25, -0.2) is 0 Å². The maximum atomic E-state index is 9.88. The molecule has 0 amide bonds. The van der Waals surface area contributed by atoms with Crippen molar-refractivity contribution in [3.63, 3.8) is 0 Å². The zero-order valence-corrected chi connectivity index (χ0v) is 15.0. The molecule has 3 heteroatoms.